The van der Waals surface area contributed by atoms with Gasteiger partial charge in [-0.2, -0.15) is 8.42 Å². The minimum Gasteiger partial charge on any atom is -0.264 e. The number of hydrogen-bond acceptors (Lipinski definition) is 2. The van der Waals surface area contributed by atoms with Gasteiger partial charge in [0.1, 0.15) is 0 Å². The molecule has 2 rings (SSSR count). The van der Waals surface area contributed by atoms with Gasteiger partial charge in [0.05, 0.1) is 0 Å². The molecule has 0 aliphatic heterocycles. The summed E-state index contributed by atoms with van der Waals surface area (Å²) in [5, 5.41) is 0.777. The lowest BCUT2D eigenvalue weighted by atomic mass is 10.1. The van der Waals surface area contributed by atoms with Crippen molar-refractivity contribution in [3.8, 4) is 11.1 Å². The van der Waals surface area contributed by atoms with E-state index >= 15 is 0 Å². The van der Waals surface area contributed by atoms with E-state index in [-0.39, 0.29) is 0 Å². The molecule has 0 radical (unpaired) electrons. The quantitative estimate of drug-likeness (QED) is 0.788. The highest BCUT2D eigenvalue weighted by Gasteiger charge is 1.94. The fourth-order valence-corrected chi connectivity index (χ4v) is 1.40. The van der Waals surface area contributed by atoms with Crippen LogP contribution in [0.25, 0.3) is 11.1 Å². The van der Waals surface area contributed by atoms with Gasteiger partial charge in [-0.1, -0.05) is 54.1 Å². The largest absolute Gasteiger partial charge is 0.394 e. The normalized spacial score (nSPS) is 10.4. The summed E-state index contributed by atoms with van der Waals surface area (Å²) >= 11 is 5.80. The molecule has 4 nitrogen and oxygen atoms in total. The molecule has 6 heteroatoms. The number of hydrogen-bond donors (Lipinski definition) is 2. The standard InChI is InChI=1S/C12H9Cl.H2O4S/c13-12-8-6-11(7-9-12)10-4-2-1-3-5-10;1-5(2,3)4/h1-9H;(H2,1,2,3,4). The molecule has 0 aliphatic carbocycles. The van der Waals surface area contributed by atoms with Gasteiger partial charge < -0.3 is 0 Å². The van der Waals surface area contributed by atoms with E-state index in [0.717, 1.165) is 5.02 Å². The molecule has 0 aromatic heterocycles. The van der Waals surface area contributed by atoms with Gasteiger partial charge in [-0.05, 0) is 23.3 Å². The summed E-state index contributed by atoms with van der Waals surface area (Å²) in [6.45, 7) is 0. The van der Waals surface area contributed by atoms with Crippen molar-refractivity contribution in [2.75, 3.05) is 0 Å². The Morgan fingerprint density at radius 2 is 1.17 bits per heavy atom. The average Bonchev–Trinajstić information content (AvgIpc) is 2.29. The monoisotopic (exact) mass is 286 g/mol. The van der Waals surface area contributed by atoms with Gasteiger partial charge in [0.25, 0.3) is 0 Å². The van der Waals surface area contributed by atoms with Gasteiger partial charge in [0.2, 0.25) is 0 Å². The van der Waals surface area contributed by atoms with Crippen molar-refractivity contribution in [2.24, 2.45) is 0 Å². The molecule has 0 saturated carbocycles. The Hall–Kier alpha value is -1.40. The molecule has 18 heavy (non-hydrogen) atoms. The predicted octanol–water partition coefficient (Wildman–Crippen LogP) is 3.35. The van der Waals surface area contributed by atoms with Crippen LogP contribution >= 0.6 is 11.6 Å². The third-order valence-corrected chi connectivity index (χ3v) is 2.20. The van der Waals surface area contributed by atoms with Crippen LogP contribution in [0.2, 0.25) is 5.02 Å². The van der Waals surface area contributed by atoms with Crippen LogP contribution < -0.4 is 0 Å². The molecular weight excluding hydrogens is 276 g/mol. The maximum absolute atomic E-state index is 8.74. The maximum Gasteiger partial charge on any atom is 0.394 e. The van der Waals surface area contributed by atoms with Crippen LogP contribution in [0.4, 0.5) is 0 Å². The minimum atomic E-state index is -4.67. The molecule has 0 atom stereocenters. The third kappa shape index (κ3) is 6.36. The summed E-state index contributed by atoms with van der Waals surface area (Å²) in [5.74, 6) is 0. The molecule has 0 saturated heterocycles. The van der Waals surface area contributed by atoms with Crippen molar-refractivity contribution in [3.63, 3.8) is 0 Å². The second-order valence-electron chi connectivity index (χ2n) is 3.32. The Labute approximate surface area is 110 Å². The van der Waals surface area contributed by atoms with Gasteiger partial charge >= 0.3 is 10.4 Å². The zero-order valence-corrected chi connectivity index (χ0v) is 10.8. The molecule has 0 amide bonds. The zero-order valence-electron chi connectivity index (χ0n) is 9.19. The lowest BCUT2D eigenvalue weighted by Crippen LogP contribution is -1.89. The summed E-state index contributed by atoms with van der Waals surface area (Å²) in [7, 11) is -4.67. The number of rotatable bonds is 1. The highest BCUT2D eigenvalue weighted by atomic mass is 35.5. The number of halogens is 1. The van der Waals surface area contributed by atoms with Crippen molar-refractivity contribution >= 4 is 22.0 Å². The summed E-state index contributed by atoms with van der Waals surface area (Å²) in [5.41, 5.74) is 2.42. The van der Waals surface area contributed by atoms with Crippen LogP contribution in [-0.4, -0.2) is 17.5 Å². The van der Waals surface area contributed by atoms with Gasteiger partial charge in [0.15, 0.2) is 0 Å². The Morgan fingerprint density at radius 1 is 0.778 bits per heavy atom. The Kier molecular flexibility index (Phi) is 5.30. The Bertz CT molecular complexity index is 571. The maximum atomic E-state index is 8.74. The molecule has 0 fully saturated rings. The first-order valence-electron chi connectivity index (χ1n) is 4.87. The number of benzene rings is 2. The van der Waals surface area contributed by atoms with Crippen molar-refractivity contribution in [3.05, 3.63) is 59.6 Å². The molecular formula is C12H11ClO4S. The topological polar surface area (TPSA) is 74.6 Å². The average molecular weight is 287 g/mol. The first-order chi connectivity index (χ1) is 8.36. The first-order valence-corrected chi connectivity index (χ1v) is 6.64. The van der Waals surface area contributed by atoms with Gasteiger partial charge in [-0.3, -0.25) is 9.11 Å². The van der Waals surface area contributed by atoms with Crippen LogP contribution in [-0.2, 0) is 10.4 Å². The van der Waals surface area contributed by atoms with Crippen LogP contribution in [0.3, 0.4) is 0 Å². The van der Waals surface area contributed by atoms with Gasteiger partial charge in [0, 0.05) is 5.02 Å². The van der Waals surface area contributed by atoms with Crippen molar-refractivity contribution in [2.45, 2.75) is 0 Å². The molecule has 2 N–H and O–H groups in total. The van der Waals surface area contributed by atoms with E-state index in [1.165, 1.54) is 11.1 Å². The molecule has 0 heterocycles. The zero-order chi connectivity index (χ0) is 13.6. The van der Waals surface area contributed by atoms with E-state index in [2.05, 4.69) is 12.1 Å². The van der Waals surface area contributed by atoms with Gasteiger partial charge in [-0.25, -0.2) is 0 Å². The van der Waals surface area contributed by atoms with Gasteiger partial charge in [-0.15, -0.1) is 0 Å². The summed E-state index contributed by atoms with van der Waals surface area (Å²) in [4.78, 5) is 0. The van der Waals surface area contributed by atoms with E-state index in [9.17, 15) is 0 Å². The van der Waals surface area contributed by atoms with Crippen LogP contribution in [0.1, 0.15) is 0 Å². The summed E-state index contributed by atoms with van der Waals surface area (Å²) in [6.07, 6.45) is 0. The SMILES string of the molecule is Clc1ccc(-c2ccccc2)cc1.O=S(=O)(O)O. The lowest BCUT2D eigenvalue weighted by molar-refractivity contribution is 0.381. The second kappa shape index (κ2) is 6.51. The molecule has 2 aromatic carbocycles. The molecule has 0 unspecified atom stereocenters. The molecule has 2 aromatic rings. The van der Waals surface area contributed by atoms with E-state index in [1.807, 2.05) is 42.5 Å². The van der Waals surface area contributed by atoms with Crippen LogP contribution in [0.15, 0.2) is 54.6 Å². The Morgan fingerprint density at radius 3 is 1.61 bits per heavy atom. The summed E-state index contributed by atoms with van der Waals surface area (Å²) in [6, 6.07) is 18.1. The van der Waals surface area contributed by atoms with Crippen molar-refractivity contribution < 1.29 is 17.5 Å². The summed E-state index contributed by atoms with van der Waals surface area (Å²) < 4.78 is 31.6. The molecule has 0 aliphatic rings. The first kappa shape index (κ1) is 14.7. The predicted molar refractivity (Wildman–Crippen MR) is 71.1 cm³/mol. The van der Waals surface area contributed by atoms with Crippen molar-refractivity contribution in [1.82, 2.24) is 0 Å². The Balaban J connectivity index is 0.000000280. The third-order valence-electron chi connectivity index (χ3n) is 1.95. The second-order valence-corrected chi connectivity index (χ2v) is 4.65. The minimum absolute atomic E-state index is 0.777. The smallest absolute Gasteiger partial charge is 0.264 e. The molecule has 0 spiro atoms. The van der Waals surface area contributed by atoms with E-state index in [4.69, 9.17) is 29.1 Å². The fraction of sp³-hybridized carbons (Fsp3) is 0. The van der Waals surface area contributed by atoms with Crippen LogP contribution in [0.5, 0.6) is 0 Å². The van der Waals surface area contributed by atoms with E-state index in [1.54, 1.807) is 0 Å². The van der Waals surface area contributed by atoms with E-state index in [0.29, 0.717) is 0 Å². The fourth-order valence-electron chi connectivity index (χ4n) is 1.27. The highest BCUT2D eigenvalue weighted by molar-refractivity contribution is 7.79. The lowest BCUT2D eigenvalue weighted by Gasteiger charge is -2.00. The highest BCUT2D eigenvalue weighted by Crippen LogP contribution is 2.20. The van der Waals surface area contributed by atoms with E-state index < -0.39 is 10.4 Å². The molecule has 0 bridgehead atoms. The molecule has 96 valence electrons. The van der Waals surface area contributed by atoms with Crippen molar-refractivity contribution in [1.29, 1.82) is 0 Å². The van der Waals surface area contributed by atoms with Crippen LogP contribution in [0, 0.1) is 0 Å².